The summed E-state index contributed by atoms with van der Waals surface area (Å²) in [5, 5.41) is 13.4. The van der Waals surface area contributed by atoms with Crippen molar-refractivity contribution in [2.45, 2.75) is 32.0 Å². The first-order valence-corrected chi connectivity index (χ1v) is 7.25. The molecule has 0 spiro atoms. The Balaban J connectivity index is 2.40. The molecule has 1 aromatic carbocycles. The number of urea groups is 1. The van der Waals surface area contributed by atoms with Crippen LogP contribution < -0.4 is 15.4 Å². The minimum Gasteiger partial charge on any atom is -0.491 e. The Morgan fingerprint density at radius 3 is 2.58 bits per heavy atom. The summed E-state index contributed by atoms with van der Waals surface area (Å²) in [5.74, 6) is -1.26. The van der Waals surface area contributed by atoms with Crippen LogP contribution in [0, 0.1) is 0 Å². The highest BCUT2D eigenvalue weighted by atomic mass is 19.4. The van der Waals surface area contributed by atoms with E-state index < -0.39 is 29.8 Å². The summed E-state index contributed by atoms with van der Waals surface area (Å²) >= 11 is 0. The summed E-state index contributed by atoms with van der Waals surface area (Å²) in [6.07, 6.45) is -4.30. The van der Waals surface area contributed by atoms with E-state index in [-0.39, 0.29) is 31.7 Å². The van der Waals surface area contributed by atoms with Crippen LogP contribution in [0.3, 0.4) is 0 Å². The third kappa shape index (κ3) is 7.21. The summed E-state index contributed by atoms with van der Waals surface area (Å²) in [6.45, 7) is 1.62. The summed E-state index contributed by atoms with van der Waals surface area (Å²) in [6, 6.07) is 3.75. The smallest absolute Gasteiger partial charge is 0.419 e. The predicted molar refractivity (Wildman–Crippen MR) is 79.8 cm³/mol. The number of rotatable bonds is 8. The molecule has 134 valence electrons. The van der Waals surface area contributed by atoms with Crippen molar-refractivity contribution in [3.63, 3.8) is 0 Å². The zero-order valence-electron chi connectivity index (χ0n) is 13.0. The van der Waals surface area contributed by atoms with Gasteiger partial charge in [0, 0.05) is 13.0 Å². The maximum atomic E-state index is 12.8. The largest absolute Gasteiger partial charge is 0.491 e. The van der Waals surface area contributed by atoms with E-state index in [1.165, 1.54) is 18.2 Å². The standard InChI is InChI=1S/C15H19F3N2O4/c1-10(20-14(23)19-8-4-7-13(21)22)9-24-12-6-3-2-5-11(12)15(16,17)18/h2-3,5-6,10H,4,7-9H2,1H3,(H,21,22)(H2,19,20,23). The molecule has 1 unspecified atom stereocenters. The van der Waals surface area contributed by atoms with Gasteiger partial charge >= 0.3 is 18.2 Å². The van der Waals surface area contributed by atoms with Crippen LogP contribution in [0.1, 0.15) is 25.3 Å². The van der Waals surface area contributed by atoms with Crippen molar-refractivity contribution >= 4 is 12.0 Å². The molecule has 9 heteroatoms. The number of benzene rings is 1. The van der Waals surface area contributed by atoms with Crippen LogP contribution in [0.4, 0.5) is 18.0 Å². The van der Waals surface area contributed by atoms with E-state index in [9.17, 15) is 22.8 Å². The summed E-state index contributed by atoms with van der Waals surface area (Å²) in [5.41, 5.74) is -0.879. The van der Waals surface area contributed by atoms with Gasteiger partial charge < -0.3 is 20.5 Å². The Morgan fingerprint density at radius 2 is 1.96 bits per heavy atom. The van der Waals surface area contributed by atoms with Crippen molar-refractivity contribution in [3.8, 4) is 5.75 Å². The van der Waals surface area contributed by atoms with Crippen LogP contribution >= 0.6 is 0 Å². The van der Waals surface area contributed by atoms with Gasteiger partial charge in [0.1, 0.15) is 12.4 Å². The molecule has 0 heterocycles. The van der Waals surface area contributed by atoms with E-state index in [1.54, 1.807) is 6.92 Å². The van der Waals surface area contributed by atoms with E-state index in [0.29, 0.717) is 0 Å². The molecule has 0 bridgehead atoms. The van der Waals surface area contributed by atoms with Crippen LogP contribution in [0.25, 0.3) is 0 Å². The van der Waals surface area contributed by atoms with Crippen LogP contribution in [-0.4, -0.2) is 36.3 Å². The maximum Gasteiger partial charge on any atom is 0.419 e. The fraction of sp³-hybridized carbons (Fsp3) is 0.467. The number of carbonyl (C=O) groups is 2. The van der Waals surface area contributed by atoms with Crippen molar-refractivity contribution in [1.82, 2.24) is 10.6 Å². The number of nitrogens with one attached hydrogen (secondary N) is 2. The lowest BCUT2D eigenvalue weighted by Crippen LogP contribution is -2.43. The molecule has 0 aliphatic carbocycles. The number of hydrogen-bond donors (Lipinski definition) is 3. The zero-order chi connectivity index (χ0) is 18.2. The van der Waals surface area contributed by atoms with Gasteiger partial charge in [-0.05, 0) is 25.5 Å². The number of aliphatic carboxylic acids is 1. The molecule has 1 atom stereocenters. The average molecular weight is 348 g/mol. The third-order valence-electron chi connectivity index (χ3n) is 2.91. The first kappa shape index (κ1) is 19.6. The Hall–Kier alpha value is -2.45. The Bertz CT molecular complexity index is 564. The van der Waals surface area contributed by atoms with Crippen LogP contribution in [-0.2, 0) is 11.0 Å². The van der Waals surface area contributed by atoms with Gasteiger partial charge in [0.15, 0.2) is 0 Å². The summed E-state index contributed by atoms with van der Waals surface area (Å²) in [4.78, 5) is 21.8. The minimum atomic E-state index is -4.52. The van der Waals surface area contributed by atoms with E-state index in [0.717, 1.165) is 6.07 Å². The second-order valence-corrected chi connectivity index (χ2v) is 5.10. The van der Waals surface area contributed by atoms with Gasteiger partial charge in [0.05, 0.1) is 11.6 Å². The molecule has 0 saturated heterocycles. The number of alkyl halides is 3. The van der Waals surface area contributed by atoms with Gasteiger partial charge in [-0.1, -0.05) is 12.1 Å². The zero-order valence-corrected chi connectivity index (χ0v) is 13.0. The molecule has 0 radical (unpaired) electrons. The van der Waals surface area contributed by atoms with Gasteiger partial charge in [0.2, 0.25) is 0 Å². The van der Waals surface area contributed by atoms with Gasteiger partial charge in [0.25, 0.3) is 0 Å². The number of carboxylic acids is 1. The topological polar surface area (TPSA) is 87.7 Å². The molecule has 0 aliphatic heterocycles. The number of amides is 2. The monoisotopic (exact) mass is 348 g/mol. The first-order chi connectivity index (χ1) is 11.2. The van der Waals surface area contributed by atoms with Crippen LogP contribution in [0.2, 0.25) is 0 Å². The highest BCUT2D eigenvalue weighted by Gasteiger charge is 2.34. The number of hydrogen-bond acceptors (Lipinski definition) is 3. The molecule has 24 heavy (non-hydrogen) atoms. The lowest BCUT2D eigenvalue weighted by molar-refractivity contribution is -0.139. The fourth-order valence-corrected chi connectivity index (χ4v) is 1.80. The number of carbonyl (C=O) groups excluding carboxylic acids is 1. The molecule has 2 amide bonds. The van der Waals surface area contributed by atoms with Crippen molar-refractivity contribution < 1.29 is 32.6 Å². The number of para-hydroxylation sites is 1. The molecule has 3 N–H and O–H groups in total. The van der Waals surface area contributed by atoms with E-state index in [2.05, 4.69) is 10.6 Å². The van der Waals surface area contributed by atoms with Gasteiger partial charge in [-0.3, -0.25) is 4.79 Å². The van der Waals surface area contributed by atoms with Gasteiger partial charge in [-0.2, -0.15) is 13.2 Å². The molecular weight excluding hydrogens is 329 g/mol. The molecule has 6 nitrogen and oxygen atoms in total. The lowest BCUT2D eigenvalue weighted by atomic mass is 10.2. The van der Waals surface area contributed by atoms with Gasteiger partial charge in [-0.15, -0.1) is 0 Å². The normalized spacial score (nSPS) is 12.3. The molecule has 0 fully saturated rings. The van der Waals surface area contributed by atoms with E-state index in [4.69, 9.17) is 9.84 Å². The van der Waals surface area contributed by atoms with Crippen LogP contribution in [0.15, 0.2) is 24.3 Å². The SMILES string of the molecule is CC(COc1ccccc1C(F)(F)F)NC(=O)NCCCC(=O)O. The van der Waals surface area contributed by atoms with Gasteiger partial charge in [-0.25, -0.2) is 4.79 Å². The van der Waals surface area contributed by atoms with Crippen molar-refractivity contribution in [1.29, 1.82) is 0 Å². The minimum absolute atomic E-state index is 0.0623. The first-order valence-electron chi connectivity index (χ1n) is 7.25. The Labute approximate surface area is 137 Å². The molecule has 0 saturated carbocycles. The van der Waals surface area contributed by atoms with Crippen molar-refractivity contribution in [2.75, 3.05) is 13.2 Å². The summed E-state index contributed by atoms with van der Waals surface area (Å²) in [7, 11) is 0. The van der Waals surface area contributed by atoms with E-state index in [1.807, 2.05) is 0 Å². The fourth-order valence-electron chi connectivity index (χ4n) is 1.80. The second kappa shape index (κ2) is 8.99. The predicted octanol–water partition coefficient (Wildman–Crippen LogP) is 2.64. The third-order valence-corrected chi connectivity index (χ3v) is 2.91. The quantitative estimate of drug-likeness (QED) is 0.630. The van der Waals surface area contributed by atoms with Crippen molar-refractivity contribution in [3.05, 3.63) is 29.8 Å². The van der Waals surface area contributed by atoms with Crippen molar-refractivity contribution in [2.24, 2.45) is 0 Å². The van der Waals surface area contributed by atoms with Crippen LogP contribution in [0.5, 0.6) is 5.75 Å². The number of ether oxygens (including phenoxy) is 1. The highest BCUT2D eigenvalue weighted by Crippen LogP contribution is 2.35. The number of halogens is 3. The Kier molecular flexibility index (Phi) is 7.34. The average Bonchev–Trinajstić information content (AvgIpc) is 2.49. The molecule has 0 aliphatic rings. The maximum absolute atomic E-state index is 12.8. The molecule has 1 rings (SSSR count). The molecule has 0 aromatic heterocycles. The second-order valence-electron chi connectivity index (χ2n) is 5.10. The number of carboxylic acid groups (broad SMARTS) is 1. The Morgan fingerprint density at radius 1 is 1.29 bits per heavy atom. The van der Waals surface area contributed by atoms with E-state index >= 15 is 0 Å². The summed E-state index contributed by atoms with van der Waals surface area (Å²) < 4.78 is 43.6. The highest BCUT2D eigenvalue weighted by molar-refractivity contribution is 5.74. The molecule has 1 aromatic rings. The lowest BCUT2D eigenvalue weighted by Gasteiger charge is -2.18. The molecular formula is C15H19F3N2O4.